The van der Waals surface area contributed by atoms with E-state index in [9.17, 15) is 17.6 Å². The Bertz CT molecular complexity index is 101. The maximum atomic E-state index is 12.3. The van der Waals surface area contributed by atoms with Crippen LogP contribution in [0.4, 0.5) is 17.6 Å². The summed E-state index contributed by atoms with van der Waals surface area (Å²) in [6.45, 7) is -2.06. The Labute approximate surface area is 62.3 Å². The van der Waals surface area contributed by atoms with Crippen LogP contribution < -0.4 is 0 Å². The molecule has 0 spiro atoms. The van der Waals surface area contributed by atoms with Gasteiger partial charge in [0.25, 0.3) is 0 Å². The molecular formula is C6H10F4O. The van der Waals surface area contributed by atoms with Crippen molar-refractivity contribution in [2.75, 3.05) is 20.4 Å². The maximum absolute atomic E-state index is 12.3. The van der Waals surface area contributed by atoms with E-state index in [0.717, 1.165) is 7.11 Å². The van der Waals surface area contributed by atoms with E-state index in [1.165, 1.54) is 0 Å². The smallest absolute Gasteiger partial charge is 0.167 e. The molecule has 68 valence electrons. The average Bonchev–Trinajstić information content (AvgIpc) is 2.02. The highest BCUT2D eigenvalue weighted by Crippen LogP contribution is 2.12. The van der Waals surface area contributed by atoms with Gasteiger partial charge in [-0.1, -0.05) is 0 Å². The molecule has 0 aliphatic carbocycles. The summed E-state index contributed by atoms with van der Waals surface area (Å²) >= 11 is 0. The van der Waals surface area contributed by atoms with Crippen molar-refractivity contribution < 1.29 is 22.3 Å². The molecule has 0 N–H and O–H groups in total. The quantitative estimate of drug-likeness (QED) is 0.575. The summed E-state index contributed by atoms with van der Waals surface area (Å²) in [6.07, 6.45) is -6.91. The second kappa shape index (κ2) is 5.35. The SMILES string of the molecule is COCC(F)C(F)C(F)CF. The third kappa shape index (κ3) is 3.55. The molecule has 0 rings (SSSR count). The summed E-state index contributed by atoms with van der Waals surface area (Å²) in [5.74, 6) is 0. The molecule has 0 aliphatic heterocycles. The van der Waals surface area contributed by atoms with Gasteiger partial charge in [0.1, 0.15) is 6.67 Å². The van der Waals surface area contributed by atoms with E-state index < -0.39 is 31.8 Å². The number of hydrogen-bond acceptors (Lipinski definition) is 1. The van der Waals surface area contributed by atoms with Crippen LogP contribution in [0.1, 0.15) is 0 Å². The van der Waals surface area contributed by atoms with Gasteiger partial charge in [-0.05, 0) is 0 Å². The molecule has 0 aromatic carbocycles. The van der Waals surface area contributed by atoms with Crippen molar-refractivity contribution >= 4 is 0 Å². The Kier molecular flexibility index (Phi) is 5.19. The fourth-order valence-electron chi connectivity index (χ4n) is 0.563. The molecule has 11 heavy (non-hydrogen) atoms. The van der Waals surface area contributed by atoms with Crippen LogP contribution in [0.2, 0.25) is 0 Å². The minimum absolute atomic E-state index is 0.554. The van der Waals surface area contributed by atoms with E-state index in [2.05, 4.69) is 4.74 Å². The lowest BCUT2D eigenvalue weighted by Gasteiger charge is -2.13. The lowest BCUT2D eigenvalue weighted by atomic mass is 10.2. The molecule has 0 bridgehead atoms. The zero-order valence-corrected chi connectivity index (χ0v) is 6.07. The largest absolute Gasteiger partial charge is 0.382 e. The van der Waals surface area contributed by atoms with Gasteiger partial charge in [-0.3, -0.25) is 0 Å². The van der Waals surface area contributed by atoms with Crippen LogP contribution in [0.5, 0.6) is 0 Å². The van der Waals surface area contributed by atoms with Gasteiger partial charge >= 0.3 is 0 Å². The van der Waals surface area contributed by atoms with Crippen molar-refractivity contribution in [1.82, 2.24) is 0 Å². The molecule has 0 amide bonds. The fourth-order valence-corrected chi connectivity index (χ4v) is 0.563. The van der Waals surface area contributed by atoms with Crippen molar-refractivity contribution in [2.45, 2.75) is 18.5 Å². The second-order valence-corrected chi connectivity index (χ2v) is 2.09. The van der Waals surface area contributed by atoms with Gasteiger partial charge in [0.2, 0.25) is 0 Å². The first-order valence-electron chi connectivity index (χ1n) is 3.10. The molecule has 0 aromatic rings. The molecule has 0 aliphatic rings. The first-order valence-corrected chi connectivity index (χ1v) is 3.10. The standard InChI is InChI=1S/C6H10F4O/c1-11-3-5(9)6(10)4(8)2-7/h4-6H,2-3H2,1H3. The zero-order chi connectivity index (χ0) is 8.85. The van der Waals surface area contributed by atoms with Crippen LogP contribution in [0.15, 0.2) is 0 Å². The van der Waals surface area contributed by atoms with Crippen molar-refractivity contribution in [3.8, 4) is 0 Å². The predicted molar refractivity (Wildman–Crippen MR) is 32.5 cm³/mol. The fraction of sp³-hybridized carbons (Fsp3) is 1.00. The van der Waals surface area contributed by atoms with Crippen LogP contribution >= 0.6 is 0 Å². The van der Waals surface area contributed by atoms with E-state index in [4.69, 9.17) is 0 Å². The van der Waals surface area contributed by atoms with Crippen LogP contribution in [0, 0.1) is 0 Å². The van der Waals surface area contributed by atoms with Gasteiger partial charge in [-0.2, -0.15) is 0 Å². The Hall–Kier alpha value is -0.320. The lowest BCUT2D eigenvalue weighted by molar-refractivity contribution is 0.0222. The highest BCUT2D eigenvalue weighted by molar-refractivity contribution is 4.75. The lowest BCUT2D eigenvalue weighted by Crippen LogP contribution is -2.32. The van der Waals surface area contributed by atoms with Gasteiger partial charge < -0.3 is 4.74 Å². The van der Waals surface area contributed by atoms with Crippen LogP contribution in [-0.4, -0.2) is 38.9 Å². The van der Waals surface area contributed by atoms with Crippen molar-refractivity contribution in [1.29, 1.82) is 0 Å². The Morgan fingerprint density at radius 1 is 1.18 bits per heavy atom. The van der Waals surface area contributed by atoms with Crippen molar-refractivity contribution in [3.05, 3.63) is 0 Å². The van der Waals surface area contributed by atoms with Crippen molar-refractivity contribution in [3.63, 3.8) is 0 Å². The molecule has 3 atom stereocenters. The summed E-state index contributed by atoms with van der Waals surface area (Å²) in [7, 11) is 1.15. The van der Waals surface area contributed by atoms with Crippen LogP contribution in [0.3, 0.4) is 0 Å². The Morgan fingerprint density at radius 3 is 2.09 bits per heavy atom. The van der Waals surface area contributed by atoms with Gasteiger partial charge in [0, 0.05) is 7.11 Å². The normalized spacial score (nSPS) is 19.4. The maximum Gasteiger partial charge on any atom is 0.167 e. The van der Waals surface area contributed by atoms with Gasteiger partial charge in [-0.15, -0.1) is 0 Å². The minimum Gasteiger partial charge on any atom is -0.382 e. The molecule has 0 fully saturated rings. The molecule has 3 unspecified atom stereocenters. The van der Waals surface area contributed by atoms with E-state index in [1.807, 2.05) is 0 Å². The highest BCUT2D eigenvalue weighted by atomic mass is 19.2. The van der Waals surface area contributed by atoms with Crippen LogP contribution in [-0.2, 0) is 4.74 Å². The summed E-state index contributed by atoms with van der Waals surface area (Å²) < 4.78 is 52.3. The summed E-state index contributed by atoms with van der Waals surface area (Å²) in [6, 6.07) is 0. The molecular weight excluding hydrogens is 164 g/mol. The highest BCUT2D eigenvalue weighted by Gasteiger charge is 2.29. The summed E-state index contributed by atoms with van der Waals surface area (Å²) in [4.78, 5) is 0. The number of halogens is 4. The summed E-state index contributed by atoms with van der Waals surface area (Å²) in [5, 5.41) is 0. The summed E-state index contributed by atoms with van der Waals surface area (Å²) in [5.41, 5.74) is 0. The minimum atomic E-state index is -2.43. The van der Waals surface area contributed by atoms with E-state index >= 15 is 0 Å². The molecule has 5 heteroatoms. The second-order valence-electron chi connectivity index (χ2n) is 2.09. The average molecular weight is 174 g/mol. The number of ether oxygens (including phenoxy) is 1. The molecule has 0 aromatic heterocycles. The van der Waals surface area contributed by atoms with E-state index in [1.54, 1.807) is 0 Å². The zero-order valence-electron chi connectivity index (χ0n) is 6.07. The third-order valence-corrected chi connectivity index (χ3v) is 1.16. The number of hydrogen-bond donors (Lipinski definition) is 0. The third-order valence-electron chi connectivity index (χ3n) is 1.16. The first kappa shape index (κ1) is 10.7. The Balaban J connectivity index is 3.70. The first-order chi connectivity index (χ1) is 5.13. The van der Waals surface area contributed by atoms with Crippen LogP contribution in [0.25, 0.3) is 0 Å². The molecule has 0 saturated carbocycles. The van der Waals surface area contributed by atoms with Gasteiger partial charge in [0.15, 0.2) is 18.5 Å². The number of rotatable bonds is 5. The monoisotopic (exact) mass is 174 g/mol. The molecule has 1 nitrogen and oxygen atoms in total. The number of methoxy groups -OCH3 is 1. The van der Waals surface area contributed by atoms with E-state index in [-0.39, 0.29) is 0 Å². The molecule has 0 saturated heterocycles. The predicted octanol–water partition coefficient (Wildman–Crippen LogP) is 1.62. The van der Waals surface area contributed by atoms with Gasteiger partial charge in [0.05, 0.1) is 6.61 Å². The Morgan fingerprint density at radius 2 is 1.73 bits per heavy atom. The van der Waals surface area contributed by atoms with Crippen molar-refractivity contribution in [2.24, 2.45) is 0 Å². The van der Waals surface area contributed by atoms with Gasteiger partial charge in [-0.25, -0.2) is 17.6 Å². The van der Waals surface area contributed by atoms with E-state index in [0.29, 0.717) is 0 Å². The topological polar surface area (TPSA) is 9.23 Å². The number of alkyl halides is 4. The molecule has 0 heterocycles. The molecule has 0 radical (unpaired) electrons.